The van der Waals surface area contributed by atoms with E-state index in [0.717, 1.165) is 39.9 Å². The maximum atomic E-state index is 14.5. The minimum atomic E-state index is -0.383. The van der Waals surface area contributed by atoms with Gasteiger partial charge in [0.2, 0.25) is 0 Å². The second-order valence-corrected chi connectivity index (χ2v) is 8.92. The molecule has 0 saturated carbocycles. The predicted molar refractivity (Wildman–Crippen MR) is 139 cm³/mol. The van der Waals surface area contributed by atoms with Gasteiger partial charge in [0.05, 0.1) is 22.6 Å². The van der Waals surface area contributed by atoms with Gasteiger partial charge in [-0.1, -0.05) is 0 Å². The molecule has 0 aliphatic carbocycles. The number of ether oxygens (including phenoxy) is 1. The second-order valence-electron chi connectivity index (χ2n) is 8.92. The monoisotopic (exact) mass is 494 g/mol. The average molecular weight is 495 g/mol. The Bertz CT molecular complexity index is 1710. The number of halogens is 1. The Labute approximate surface area is 211 Å². The lowest BCUT2D eigenvalue weighted by Gasteiger charge is -2.12. The number of rotatable bonds is 7. The lowest BCUT2D eigenvalue weighted by molar-refractivity contribution is 0.260. The van der Waals surface area contributed by atoms with E-state index in [9.17, 15) is 4.39 Å². The van der Waals surface area contributed by atoms with Crippen LogP contribution in [-0.2, 0) is 0 Å². The number of hydrogen-bond acceptors (Lipinski definition) is 7. The number of aromatic nitrogens is 7. The van der Waals surface area contributed by atoms with Gasteiger partial charge in [0.25, 0.3) is 0 Å². The topological polar surface area (TPSA) is 108 Å². The van der Waals surface area contributed by atoms with Crippen molar-refractivity contribution in [3.8, 4) is 39.7 Å². The highest BCUT2D eigenvalue weighted by molar-refractivity contribution is 5.99. The van der Waals surface area contributed by atoms with E-state index in [2.05, 4.69) is 30.1 Å². The fourth-order valence-electron chi connectivity index (χ4n) is 4.22. The molecule has 0 aliphatic rings. The number of nitrogens with one attached hydrogen (secondary N) is 2. The molecule has 5 heterocycles. The Morgan fingerprint density at radius 3 is 2.65 bits per heavy atom. The molecule has 0 spiro atoms. The van der Waals surface area contributed by atoms with Crippen LogP contribution in [-0.4, -0.2) is 67.3 Å². The van der Waals surface area contributed by atoms with Gasteiger partial charge in [-0.25, -0.2) is 19.3 Å². The van der Waals surface area contributed by atoms with Gasteiger partial charge in [0, 0.05) is 53.2 Å². The van der Waals surface area contributed by atoms with Crippen LogP contribution < -0.4 is 4.74 Å². The van der Waals surface area contributed by atoms with Gasteiger partial charge in [0.15, 0.2) is 0 Å². The van der Waals surface area contributed by atoms with Crippen molar-refractivity contribution in [2.75, 3.05) is 27.2 Å². The normalized spacial score (nSPS) is 11.6. The first-order chi connectivity index (χ1) is 18.0. The molecule has 184 valence electrons. The van der Waals surface area contributed by atoms with Crippen molar-refractivity contribution in [3.05, 3.63) is 73.2 Å². The van der Waals surface area contributed by atoms with Crippen LogP contribution in [0.25, 0.3) is 55.8 Å². The molecular weight excluding hydrogens is 471 g/mol. The molecule has 0 radical (unpaired) electrons. The van der Waals surface area contributed by atoms with Crippen LogP contribution in [0.4, 0.5) is 4.39 Å². The molecule has 6 rings (SSSR count). The molecule has 6 aromatic rings. The average Bonchev–Trinajstić information content (AvgIpc) is 3.52. The van der Waals surface area contributed by atoms with Crippen LogP contribution in [0.1, 0.15) is 0 Å². The number of benzene rings is 1. The summed E-state index contributed by atoms with van der Waals surface area (Å²) in [5.41, 5.74) is 6.64. The van der Waals surface area contributed by atoms with Crippen LogP contribution in [0.5, 0.6) is 5.75 Å². The number of nitrogens with zero attached hydrogens (tertiary/aromatic N) is 6. The fraction of sp³-hybridized carbons (Fsp3) is 0.148. The summed E-state index contributed by atoms with van der Waals surface area (Å²) in [5, 5.41) is 8.41. The fourth-order valence-corrected chi connectivity index (χ4v) is 4.22. The zero-order valence-corrected chi connectivity index (χ0v) is 20.2. The van der Waals surface area contributed by atoms with Crippen molar-refractivity contribution >= 4 is 21.9 Å². The Morgan fingerprint density at radius 2 is 1.81 bits per heavy atom. The van der Waals surface area contributed by atoms with Gasteiger partial charge in [-0.05, 0) is 50.5 Å². The van der Waals surface area contributed by atoms with Gasteiger partial charge in [-0.2, -0.15) is 5.10 Å². The van der Waals surface area contributed by atoms with E-state index in [-0.39, 0.29) is 5.82 Å². The summed E-state index contributed by atoms with van der Waals surface area (Å²) in [6, 6.07) is 12.3. The lowest BCUT2D eigenvalue weighted by atomic mass is 10.1. The molecule has 0 bridgehead atoms. The molecule has 1 aromatic carbocycles. The molecule has 9 nitrogen and oxygen atoms in total. The first-order valence-corrected chi connectivity index (χ1v) is 11.7. The van der Waals surface area contributed by atoms with Gasteiger partial charge in [-0.3, -0.25) is 10.1 Å². The van der Waals surface area contributed by atoms with Crippen molar-refractivity contribution in [1.82, 2.24) is 40.0 Å². The zero-order chi connectivity index (χ0) is 25.4. The highest BCUT2D eigenvalue weighted by Gasteiger charge is 2.17. The van der Waals surface area contributed by atoms with E-state index in [1.54, 1.807) is 18.6 Å². The molecule has 0 unspecified atom stereocenters. The molecule has 5 aromatic heterocycles. The summed E-state index contributed by atoms with van der Waals surface area (Å²) < 4.78 is 20.3. The largest absolute Gasteiger partial charge is 0.492 e. The molecular formula is C27H23FN8O. The first-order valence-electron chi connectivity index (χ1n) is 11.7. The minimum absolute atomic E-state index is 0.383. The minimum Gasteiger partial charge on any atom is -0.492 e. The SMILES string of the molecule is CN(C)CCOc1cc(F)cc(-c2nccc3[nH]c(-c4n[nH]c5ccc(-c6cncnc6)nc45)cc23)c1. The third-order valence-electron chi connectivity index (χ3n) is 6.02. The highest BCUT2D eigenvalue weighted by atomic mass is 19.1. The van der Waals surface area contributed by atoms with Crippen LogP contribution in [0, 0.1) is 5.82 Å². The van der Waals surface area contributed by atoms with Crippen molar-refractivity contribution < 1.29 is 9.13 Å². The number of H-pyrrole nitrogens is 2. The van der Waals surface area contributed by atoms with Crippen molar-refractivity contribution in [2.45, 2.75) is 0 Å². The highest BCUT2D eigenvalue weighted by Crippen LogP contribution is 2.34. The Morgan fingerprint density at radius 1 is 0.946 bits per heavy atom. The molecule has 0 atom stereocenters. The van der Waals surface area contributed by atoms with Gasteiger partial charge >= 0.3 is 0 Å². The summed E-state index contributed by atoms with van der Waals surface area (Å²) >= 11 is 0. The van der Waals surface area contributed by atoms with Crippen molar-refractivity contribution in [2.24, 2.45) is 0 Å². The number of aromatic amines is 2. The standard InChI is InChI=1S/C27H23FN8O/c1-36(2)7-8-37-19-10-16(9-18(28)11-19)25-20-12-24(32-22(20)5-6-31-25)27-26-23(34-35-27)4-3-21(33-26)17-13-29-15-30-14-17/h3-6,9-15,32H,7-8H2,1-2H3,(H,34,35). The maximum Gasteiger partial charge on any atom is 0.135 e. The van der Waals surface area contributed by atoms with Crippen molar-refractivity contribution in [1.29, 1.82) is 0 Å². The number of pyridine rings is 2. The first kappa shape index (κ1) is 22.7. The summed E-state index contributed by atoms with van der Waals surface area (Å²) in [5.74, 6) is 0.0816. The summed E-state index contributed by atoms with van der Waals surface area (Å²) in [7, 11) is 3.92. The van der Waals surface area contributed by atoms with E-state index < -0.39 is 0 Å². The van der Waals surface area contributed by atoms with Gasteiger partial charge in [-0.15, -0.1) is 0 Å². The molecule has 0 amide bonds. The number of hydrogen-bond donors (Lipinski definition) is 2. The van der Waals surface area contributed by atoms with Gasteiger partial charge < -0.3 is 14.6 Å². The van der Waals surface area contributed by atoms with Gasteiger partial charge in [0.1, 0.15) is 35.7 Å². The molecule has 0 saturated heterocycles. The summed E-state index contributed by atoms with van der Waals surface area (Å²) in [6.45, 7) is 1.18. The summed E-state index contributed by atoms with van der Waals surface area (Å²) in [4.78, 5) is 23.0. The Hall–Kier alpha value is -4.70. The predicted octanol–water partition coefficient (Wildman–Crippen LogP) is 4.70. The number of likely N-dealkylation sites (N-methyl/N-ethyl adjacent to an activating group) is 1. The van der Waals surface area contributed by atoms with E-state index in [1.807, 2.05) is 49.3 Å². The molecule has 0 fully saturated rings. The Balaban J connectivity index is 1.41. The maximum absolute atomic E-state index is 14.5. The van der Waals surface area contributed by atoms with E-state index in [0.29, 0.717) is 34.8 Å². The smallest absolute Gasteiger partial charge is 0.135 e. The van der Waals surface area contributed by atoms with Crippen LogP contribution >= 0.6 is 0 Å². The number of fused-ring (bicyclic) bond motifs is 2. The third kappa shape index (κ3) is 4.50. The van der Waals surface area contributed by atoms with Crippen molar-refractivity contribution in [3.63, 3.8) is 0 Å². The second kappa shape index (κ2) is 9.40. The van der Waals surface area contributed by atoms with E-state index >= 15 is 0 Å². The van der Waals surface area contributed by atoms with E-state index in [1.165, 1.54) is 18.5 Å². The van der Waals surface area contributed by atoms with Crippen LogP contribution in [0.3, 0.4) is 0 Å². The summed E-state index contributed by atoms with van der Waals surface area (Å²) in [6.07, 6.45) is 6.63. The van der Waals surface area contributed by atoms with E-state index in [4.69, 9.17) is 9.72 Å². The molecule has 10 heteroatoms. The third-order valence-corrected chi connectivity index (χ3v) is 6.02. The lowest BCUT2D eigenvalue weighted by Crippen LogP contribution is -2.19. The molecule has 2 N–H and O–H groups in total. The van der Waals surface area contributed by atoms with Crippen LogP contribution in [0.15, 0.2) is 67.4 Å². The van der Waals surface area contributed by atoms with Crippen LogP contribution in [0.2, 0.25) is 0 Å². The Kier molecular flexibility index (Phi) is 5.78. The molecule has 37 heavy (non-hydrogen) atoms. The zero-order valence-electron chi connectivity index (χ0n) is 20.2. The quantitative estimate of drug-likeness (QED) is 0.331. The molecule has 0 aliphatic heterocycles.